The largest absolute Gasteiger partial charge is 0.286 e. The Morgan fingerprint density at radius 3 is 3.10 bits per heavy atom. The van der Waals surface area contributed by atoms with E-state index in [1.165, 1.54) is 19.3 Å². The van der Waals surface area contributed by atoms with Crippen molar-refractivity contribution in [1.29, 1.82) is 0 Å². The zero-order chi connectivity index (χ0) is 7.23. The van der Waals surface area contributed by atoms with Crippen LogP contribution in [-0.4, -0.2) is 6.21 Å². The van der Waals surface area contributed by atoms with Crippen LogP contribution in [0.15, 0.2) is 17.4 Å². The molecule has 0 aliphatic carbocycles. The zero-order valence-corrected chi connectivity index (χ0v) is 6.38. The van der Waals surface area contributed by atoms with E-state index >= 15 is 0 Å². The fourth-order valence-electron chi connectivity index (χ4n) is 1.01. The molecule has 1 atom stereocenters. The monoisotopic (exact) mass is 138 g/mol. The third-order valence-corrected chi connectivity index (χ3v) is 1.65. The van der Waals surface area contributed by atoms with E-state index in [2.05, 4.69) is 23.5 Å². The molecule has 1 unspecified atom stereocenters. The molecule has 2 nitrogen and oxygen atoms in total. The highest BCUT2D eigenvalue weighted by Gasteiger charge is 2.01. The second-order valence-corrected chi connectivity index (χ2v) is 2.57. The lowest BCUT2D eigenvalue weighted by atomic mass is 10.0. The minimum atomic E-state index is 0.571. The molecule has 0 saturated heterocycles. The maximum Gasteiger partial charge on any atom is 0.0316 e. The van der Waals surface area contributed by atoms with Crippen LogP contribution in [0.3, 0.4) is 0 Å². The van der Waals surface area contributed by atoms with Crippen LogP contribution in [-0.2, 0) is 0 Å². The summed E-state index contributed by atoms with van der Waals surface area (Å²) in [5.41, 5.74) is 2.78. The highest BCUT2D eigenvalue weighted by molar-refractivity contribution is 5.63. The van der Waals surface area contributed by atoms with Gasteiger partial charge >= 0.3 is 0 Å². The Morgan fingerprint density at radius 1 is 1.60 bits per heavy atom. The summed E-state index contributed by atoms with van der Waals surface area (Å²) in [6, 6.07) is 0. The number of hydrogen-bond donors (Lipinski definition) is 1. The molecule has 10 heavy (non-hydrogen) atoms. The molecule has 56 valence electrons. The van der Waals surface area contributed by atoms with E-state index in [1.807, 2.05) is 12.4 Å². The van der Waals surface area contributed by atoms with Gasteiger partial charge in [0.2, 0.25) is 0 Å². The third-order valence-electron chi connectivity index (χ3n) is 1.65. The first-order valence-electron chi connectivity index (χ1n) is 3.89. The molecule has 0 bridgehead atoms. The summed E-state index contributed by atoms with van der Waals surface area (Å²) in [4.78, 5) is 0. The van der Waals surface area contributed by atoms with E-state index < -0.39 is 0 Å². The fraction of sp³-hybridized carbons (Fsp3) is 0.625. The first-order chi connectivity index (χ1) is 4.93. The van der Waals surface area contributed by atoms with Gasteiger partial charge in [0.15, 0.2) is 0 Å². The lowest BCUT2D eigenvalue weighted by Crippen LogP contribution is -2.08. The lowest BCUT2D eigenvalue weighted by molar-refractivity contribution is 0.658. The molecule has 0 saturated carbocycles. The van der Waals surface area contributed by atoms with Crippen molar-refractivity contribution in [1.82, 2.24) is 5.43 Å². The van der Waals surface area contributed by atoms with Gasteiger partial charge in [-0.3, -0.25) is 5.43 Å². The maximum atomic E-state index is 3.95. The Hall–Kier alpha value is -0.790. The van der Waals surface area contributed by atoms with Crippen LogP contribution in [0.1, 0.15) is 26.2 Å². The van der Waals surface area contributed by atoms with Gasteiger partial charge in [-0.25, -0.2) is 0 Å². The van der Waals surface area contributed by atoms with E-state index in [1.54, 1.807) is 0 Å². The van der Waals surface area contributed by atoms with Crippen molar-refractivity contribution in [3.63, 3.8) is 0 Å². The number of hydrogen-bond acceptors (Lipinski definition) is 2. The van der Waals surface area contributed by atoms with Gasteiger partial charge in [0.25, 0.3) is 0 Å². The average molecular weight is 138 g/mol. The first kappa shape index (κ1) is 7.32. The number of rotatable bonds is 3. The Kier molecular flexibility index (Phi) is 3.00. The SMILES string of the molecule is CCCCC1C=CNN=C1. The molecule has 1 aliphatic heterocycles. The van der Waals surface area contributed by atoms with Crippen LogP contribution in [0.2, 0.25) is 0 Å². The summed E-state index contributed by atoms with van der Waals surface area (Å²) in [5.74, 6) is 0.571. The van der Waals surface area contributed by atoms with Gasteiger partial charge in [0, 0.05) is 18.3 Å². The smallest absolute Gasteiger partial charge is 0.0316 e. The molecular formula is C8H14N2. The van der Waals surface area contributed by atoms with Gasteiger partial charge in [-0.15, -0.1) is 0 Å². The van der Waals surface area contributed by atoms with E-state index in [-0.39, 0.29) is 0 Å². The third kappa shape index (κ3) is 2.21. The number of nitrogens with zero attached hydrogens (tertiary/aromatic N) is 1. The Balaban J connectivity index is 2.20. The second-order valence-electron chi connectivity index (χ2n) is 2.57. The quantitative estimate of drug-likeness (QED) is 0.632. The molecule has 2 heteroatoms. The molecule has 0 aromatic carbocycles. The highest BCUT2D eigenvalue weighted by atomic mass is 15.3. The standard InChI is InChI=1S/C8H14N2/c1-2-3-4-8-5-6-9-10-7-8/h5-9H,2-4H2,1H3. The zero-order valence-electron chi connectivity index (χ0n) is 6.38. The summed E-state index contributed by atoms with van der Waals surface area (Å²) < 4.78 is 0. The molecule has 0 aromatic heterocycles. The molecule has 1 N–H and O–H groups in total. The van der Waals surface area contributed by atoms with E-state index in [0.29, 0.717) is 5.92 Å². The number of allylic oxidation sites excluding steroid dienone is 1. The minimum absolute atomic E-state index is 0.571. The van der Waals surface area contributed by atoms with Gasteiger partial charge < -0.3 is 0 Å². The first-order valence-corrected chi connectivity index (χ1v) is 3.89. The molecule has 0 spiro atoms. The molecule has 1 rings (SSSR count). The molecule has 0 radical (unpaired) electrons. The maximum absolute atomic E-state index is 3.95. The van der Waals surface area contributed by atoms with Crippen molar-refractivity contribution in [2.45, 2.75) is 26.2 Å². The van der Waals surface area contributed by atoms with Crippen LogP contribution in [0, 0.1) is 5.92 Å². The van der Waals surface area contributed by atoms with Crippen molar-refractivity contribution in [3.8, 4) is 0 Å². The van der Waals surface area contributed by atoms with Gasteiger partial charge in [0.05, 0.1) is 0 Å². The van der Waals surface area contributed by atoms with Crippen LogP contribution in [0.25, 0.3) is 0 Å². The van der Waals surface area contributed by atoms with Gasteiger partial charge in [0.1, 0.15) is 0 Å². The van der Waals surface area contributed by atoms with Crippen molar-refractivity contribution in [2.24, 2.45) is 11.0 Å². The summed E-state index contributed by atoms with van der Waals surface area (Å²) in [7, 11) is 0. The predicted molar refractivity (Wildman–Crippen MR) is 43.8 cm³/mol. The number of unbranched alkanes of at least 4 members (excludes halogenated alkanes) is 1. The molecule has 1 heterocycles. The van der Waals surface area contributed by atoms with Crippen LogP contribution < -0.4 is 5.43 Å². The lowest BCUT2D eigenvalue weighted by Gasteiger charge is -2.08. The van der Waals surface area contributed by atoms with E-state index in [4.69, 9.17) is 0 Å². The predicted octanol–water partition coefficient (Wildman–Crippen LogP) is 1.90. The van der Waals surface area contributed by atoms with Crippen molar-refractivity contribution in [2.75, 3.05) is 0 Å². The van der Waals surface area contributed by atoms with Gasteiger partial charge in [-0.05, 0) is 6.42 Å². The second kappa shape index (κ2) is 4.09. The van der Waals surface area contributed by atoms with Crippen molar-refractivity contribution in [3.05, 3.63) is 12.3 Å². The molecule has 0 fully saturated rings. The summed E-state index contributed by atoms with van der Waals surface area (Å²) in [6.07, 6.45) is 9.82. The number of nitrogens with one attached hydrogen (secondary N) is 1. The van der Waals surface area contributed by atoms with E-state index in [9.17, 15) is 0 Å². The molecule has 0 aromatic rings. The van der Waals surface area contributed by atoms with Crippen LogP contribution >= 0.6 is 0 Å². The van der Waals surface area contributed by atoms with E-state index in [0.717, 1.165) is 0 Å². The molecular weight excluding hydrogens is 124 g/mol. The fourth-order valence-corrected chi connectivity index (χ4v) is 1.01. The number of hydrazone groups is 1. The topological polar surface area (TPSA) is 24.4 Å². The van der Waals surface area contributed by atoms with Crippen LogP contribution in [0.5, 0.6) is 0 Å². The van der Waals surface area contributed by atoms with Gasteiger partial charge in [-0.2, -0.15) is 5.10 Å². The Bertz CT molecular complexity index is 126. The minimum Gasteiger partial charge on any atom is -0.286 e. The molecule has 1 aliphatic rings. The average Bonchev–Trinajstić information content (AvgIpc) is 2.03. The Labute approximate surface area is 62.0 Å². The van der Waals surface area contributed by atoms with Crippen LogP contribution in [0.4, 0.5) is 0 Å². The molecule has 0 amide bonds. The highest BCUT2D eigenvalue weighted by Crippen LogP contribution is 2.08. The summed E-state index contributed by atoms with van der Waals surface area (Å²) >= 11 is 0. The van der Waals surface area contributed by atoms with Crippen molar-refractivity contribution < 1.29 is 0 Å². The normalized spacial score (nSPS) is 22.7. The van der Waals surface area contributed by atoms with Gasteiger partial charge in [-0.1, -0.05) is 25.8 Å². The summed E-state index contributed by atoms with van der Waals surface area (Å²) in [6.45, 7) is 2.21. The summed E-state index contributed by atoms with van der Waals surface area (Å²) in [5, 5.41) is 3.95. The van der Waals surface area contributed by atoms with Crippen molar-refractivity contribution >= 4 is 6.21 Å². The Morgan fingerprint density at radius 2 is 2.50 bits per heavy atom.